The van der Waals surface area contributed by atoms with Crippen molar-refractivity contribution >= 4 is 45.4 Å². The third-order valence-corrected chi connectivity index (χ3v) is 11.9. The lowest BCUT2D eigenvalue weighted by atomic mass is 9.89. The Kier molecular flexibility index (Phi) is 17.5. The summed E-state index contributed by atoms with van der Waals surface area (Å²) in [7, 11) is 0. The van der Waals surface area contributed by atoms with Gasteiger partial charge in [0.15, 0.2) is 0 Å². The van der Waals surface area contributed by atoms with Gasteiger partial charge in [0.05, 0.1) is 5.69 Å². The van der Waals surface area contributed by atoms with Crippen LogP contribution in [0.3, 0.4) is 0 Å². The maximum atomic E-state index is 4.56. The number of hydrogen-bond acceptors (Lipinski definition) is 10. The molecule has 2 aliphatic heterocycles. The third-order valence-electron chi connectivity index (χ3n) is 8.60. The SMILES string of the molecule is C.C.CC(C)(C)c1cc(CCC2CCNC2)ns1.CC(C)(C)c1cc(NCc2ccccc2)ns1.CC(C)(C)c1cnsc1N1CCNCC1. The first-order valence-corrected chi connectivity index (χ1v) is 19.8. The van der Waals surface area contributed by atoms with Gasteiger partial charge in [-0.05, 0) is 107 Å². The normalized spacial score (nSPS) is 16.3. The summed E-state index contributed by atoms with van der Waals surface area (Å²) in [4.78, 5) is 5.18. The van der Waals surface area contributed by atoms with Crippen LogP contribution in [0.15, 0.2) is 48.7 Å². The van der Waals surface area contributed by atoms with Crippen molar-refractivity contribution in [3.8, 4) is 0 Å². The topological polar surface area (TPSA) is 78.0 Å². The number of hydrogen-bond donors (Lipinski definition) is 3. The summed E-state index contributed by atoms with van der Waals surface area (Å²) in [6.45, 7) is 27.8. The minimum atomic E-state index is 0. The molecule has 0 bridgehead atoms. The smallest absolute Gasteiger partial charge is 0.140 e. The molecule has 280 valence electrons. The molecular formula is C40H67N7S3. The van der Waals surface area contributed by atoms with Gasteiger partial charge >= 0.3 is 0 Å². The zero-order chi connectivity index (χ0) is 34.8. The zero-order valence-electron chi connectivity index (χ0n) is 30.8. The van der Waals surface area contributed by atoms with Crippen LogP contribution in [0, 0.1) is 5.92 Å². The molecule has 2 saturated heterocycles. The summed E-state index contributed by atoms with van der Waals surface area (Å²) >= 11 is 4.88. The predicted molar refractivity (Wildman–Crippen MR) is 224 cm³/mol. The van der Waals surface area contributed by atoms with Crippen LogP contribution >= 0.6 is 34.6 Å². The fraction of sp³-hybridized carbons (Fsp3) is 0.625. The molecule has 0 amide bonds. The van der Waals surface area contributed by atoms with Crippen LogP contribution in [-0.4, -0.2) is 52.4 Å². The van der Waals surface area contributed by atoms with E-state index in [0.717, 1.165) is 50.9 Å². The Labute approximate surface area is 317 Å². The summed E-state index contributed by atoms with van der Waals surface area (Å²) in [6.07, 6.45) is 5.82. The number of rotatable bonds is 7. The van der Waals surface area contributed by atoms with E-state index >= 15 is 0 Å². The van der Waals surface area contributed by atoms with Gasteiger partial charge in [-0.2, -0.15) is 13.1 Å². The highest BCUT2D eigenvalue weighted by Gasteiger charge is 2.24. The molecule has 7 nitrogen and oxygen atoms in total. The van der Waals surface area contributed by atoms with E-state index < -0.39 is 0 Å². The number of piperazine rings is 1. The average Bonchev–Trinajstić information content (AvgIpc) is 3.86. The van der Waals surface area contributed by atoms with Crippen LogP contribution < -0.4 is 20.9 Å². The van der Waals surface area contributed by atoms with Crippen LogP contribution in [0.25, 0.3) is 0 Å². The number of aromatic nitrogens is 3. The first kappa shape index (κ1) is 43.8. The molecule has 50 heavy (non-hydrogen) atoms. The Morgan fingerprint density at radius 2 is 1.42 bits per heavy atom. The quantitative estimate of drug-likeness (QED) is 0.174. The minimum Gasteiger partial charge on any atom is -0.365 e. The van der Waals surface area contributed by atoms with Crippen molar-refractivity contribution in [2.45, 2.75) is 119 Å². The molecule has 2 fully saturated rings. The van der Waals surface area contributed by atoms with E-state index in [2.05, 4.69) is 133 Å². The van der Waals surface area contributed by atoms with Crippen LogP contribution in [-0.2, 0) is 29.2 Å². The fourth-order valence-corrected chi connectivity index (χ4v) is 8.03. The van der Waals surface area contributed by atoms with Crippen molar-refractivity contribution in [3.63, 3.8) is 0 Å². The second kappa shape index (κ2) is 20.0. The highest BCUT2D eigenvalue weighted by atomic mass is 32.1. The molecule has 4 aromatic rings. The first-order chi connectivity index (χ1) is 22.7. The van der Waals surface area contributed by atoms with Gasteiger partial charge < -0.3 is 20.9 Å². The molecule has 0 spiro atoms. The van der Waals surface area contributed by atoms with Crippen LogP contribution in [0.5, 0.6) is 0 Å². The van der Waals surface area contributed by atoms with Crippen LogP contribution in [0.2, 0.25) is 0 Å². The largest absolute Gasteiger partial charge is 0.365 e. The van der Waals surface area contributed by atoms with E-state index in [1.165, 1.54) is 57.5 Å². The monoisotopic (exact) mass is 741 g/mol. The molecule has 10 heteroatoms. The molecule has 0 radical (unpaired) electrons. The van der Waals surface area contributed by atoms with Gasteiger partial charge in [0.2, 0.25) is 0 Å². The molecule has 1 atom stereocenters. The van der Waals surface area contributed by atoms with Gasteiger partial charge in [0.25, 0.3) is 0 Å². The molecule has 6 rings (SSSR count). The summed E-state index contributed by atoms with van der Waals surface area (Å²) in [5.41, 5.74) is 4.59. The molecule has 0 aliphatic carbocycles. The van der Waals surface area contributed by atoms with Crippen molar-refractivity contribution < 1.29 is 0 Å². The minimum absolute atomic E-state index is 0. The van der Waals surface area contributed by atoms with Crippen molar-refractivity contribution in [2.24, 2.45) is 5.92 Å². The van der Waals surface area contributed by atoms with E-state index in [4.69, 9.17) is 0 Å². The van der Waals surface area contributed by atoms with Crippen molar-refractivity contribution in [2.75, 3.05) is 49.5 Å². The predicted octanol–water partition coefficient (Wildman–Crippen LogP) is 10.2. The number of nitrogens with one attached hydrogen (secondary N) is 3. The van der Waals surface area contributed by atoms with E-state index in [9.17, 15) is 0 Å². The first-order valence-electron chi connectivity index (χ1n) is 17.5. The summed E-state index contributed by atoms with van der Waals surface area (Å²) < 4.78 is 13.3. The van der Waals surface area contributed by atoms with E-state index in [1.54, 1.807) is 34.6 Å². The third kappa shape index (κ3) is 14.0. The molecule has 3 aromatic heterocycles. The van der Waals surface area contributed by atoms with Gasteiger partial charge in [-0.25, -0.2) is 0 Å². The standard InChI is InChI=1S/C14H18N2S.C13H22N2S.C11H19N3S.2CH4/c1-14(2,3)12-9-13(16-17-12)15-10-11-7-5-4-6-8-11;1-13(2,3)12-8-11(15-16-12)5-4-10-6-7-14-9-10;1-11(2,3)9-8-13-15-10(9)14-6-4-12-5-7-14;;/h4-9H,10H2,1-3H3,(H,15,16);8,10,14H,4-7,9H2,1-3H3;8,12H,4-7H2,1-3H3;2*1H4. The summed E-state index contributed by atoms with van der Waals surface area (Å²) in [5, 5.41) is 11.5. The van der Waals surface area contributed by atoms with Gasteiger partial charge in [-0.15, -0.1) is 0 Å². The van der Waals surface area contributed by atoms with Gasteiger partial charge in [0, 0.05) is 54.2 Å². The highest BCUT2D eigenvalue weighted by molar-refractivity contribution is 7.10. The number of benzene rings is 1. The highest BCUT2D eigenvalue weighted by Crippen LogP contribution is 2.35. The van der Waals surface area contributed by atoms with E-state index in [0.29, 0.717) is 0 Å². The molecule has 2 aliphatic rings. The Morgan fingerprint density at radius 3 is 1.98 bits per heavy atom. The molecule has 1 unspecified atom stereocenters. The number of aryl methyl sites for hydroxylation is 1. The maximum absolute atomic E-state index is 4.56. The van der Waals surface area contributed by atoms with Crippen molar-refractivity contribution in [3.05, 3.63) is 75.2 Å². The zero-order valence-corrected chi connectivity index (χ0v) is 33.2. The van der Waals surface area contributed by atoms with Gasteiger partial charge in [-0.1, -0.05) is 107 Å². The lowest BCUT2D eigenvalue weighted by Crippen LogP contribution is -2.43. The maximum Gasteiger partial charge on any atom is 0.140 e. The summed E-state index contributed by atoms with van der Waals surface area (Å²) in [6, 6.07) is 14.8. The number of anilines is 2. The molecular weight excluding hydrogens is 675 g/mol. The van der Waals surface area contributed by atoms with Crippen LogP contribution in [0.1, 0.15) is 117 Å². The van der Waals surface area contributed by atoms with Gasteiger partial charge in [-0.3, -0.25) is 0 Å². The lowest BCUT2D eigenvalue weighted by molar-refractivity contribution is 0.530. The van der Waals surface area contributed by atoms with Crippen molar-refractivity contribution in [1.29, 1.82) is 0 Å². The number of nitrogens with zero attached hydrogens (tertiary/aromatic N) is 4. The molecule has 1 aromatic carbocycles. The fourth-order valence-electron chi connectivity index (χ4n) is 5.44. The Morgan fingerprint density at radius 1 is 0.780 bits per heavy atom. The summed E-state index contributed by atoms with van der Waals surface area (Å²) in [5.74, 6) is 1.85. The van der Waals surface area contributed by atoms with E-state index in [-0.39, 0.29) is 31.1 Å². The lowest BCUT2D eigenvalue weighted by Gasteiger charge is -2.31. The molecule has 0 saturated carbocycles. The van der Waals surface area contributed by atoms with Crippen molar-refractivity contribution in [1.82, 2.24) is 23.8 Å². The second-order valence-electron chi connectivity index (χ2n) is 16.0. The van der Waals surface area contributed by atoms with E-state index in [1.807, 2.05) is 12.3 Å². The Bertz CT molecular complexity index is 1480. The Balaban J connectivity index is 0.000000255. The average molecular weight is 742 g/mol. The molecule has 5 heterocycles. The molecule has 3 N–H and O–H groups in total. The Hall–Kier alpha value is -2.37. The second-order valence-corrected chi connectivity index (χ2v) is 18.4. The van der Waals surface area contributed by atoms with Gasteiger partial charge in [0.1, 0.15) is 10.8 Å². The van der Waals surface area contributed by atoms with Crippen LogP contribution in [0.4, 0.5) is 10.8 Å².